The Bertz CT molecular complexity index is 1150. The van der Waals surface area contributed by atoms with Gasteiger partial charge in [0.25, 0.3) is 0 Å². The molecule has 1 aliphatic heterocycles. The van der Waals surface area contributed by atoms with Crippen LogP contribution in [-0.2, 0) is 0 Å². The van der Waals surface area contributed by atoms with Crippen molar-refractivity contribution in [3.8, 4) is 17.2 Å². The number of benzene rings is 3. The van der Waals surface area contributed by atoms with Crippen molar-refractivity contribution < 1.29 is 14.6 Å². The Morgan fingerprint density at radius 1 is 0.906 bits per heavy atom. The Kier molecular flexibility index (Phi) is 5.90. The lowest BCUT2D eigenvalue weighted by atomic mass is 9.77. The van der Waals surface area contributed by atoms with E-state index in [0.29, 0.717) is 18.2 Å². The molecule has 0 radical (unpaired) electrons. The summed E-state index contributed by atoms with van der Waals surface area (Å²) in [4.78, 5) is 0. The molecule has 3 aromatic carbocycles. The zero-order valence-electron chi connectivity index (χ0n) is 17.3. The van der Waals surface area contributed by atoms with Gasteiger partial charge in [0.2, 0.25) is 0 Å². The number of hydrogen-bond acceptors (Lipinski definition) is 4. The Hall–Kier alpha value is -2.82. The fraction of sp³-hybridized carbons (Fsp3) is 0.231. The Labute approximate surface area is 197 Å². The lowest BCUT2D eigenvalue weighted by molar-refractivity contribution is 0.217. The first-order chi connectivity index (χ1) is 15.6. The van der Waals surface area contributed by atoms with Crippen molar-refractivity contribution >= 4 is 28.9 Å². The van der Waals surface area contributed by atoms with Crippen molar-refractivity contribution in [3.05, 3.63) is 94.0 Å². The standard InChI is InChI=1S/C26H23Cl2NO3/c27-16-13-22(26(30)23(28)14-16)25-20-8-4-7-19(20)21-15-18(9-10-24(21)29-25)32-12-11-31-17-5-2-1-3-6-17/h1-7,9-10,13-15,19-20,25,29-30H,8,11-12H2. The molecule has 0 bridgehead atoms. The van der Waals surface area contributed by atoms with E-state index in [0.717, 1.165) is 29.2 Å². The van der Waals surface area contributed by atoms with Crippen LogP contribution in [0.2, 0.25) is 10.0 Å². The molecule has 32 heavy (non-hydrogen) atoms. The number of rotatable bonds is 6. The summed E-state index contributed by atoms with van der Waals surface area (Å²) in [6.45, 7) is 0.935. The van der Waals surface area contributed by atoms with Gasteiger partial charge in [0.05, 0.1) is 11.1 Å². The van der Waals surface area contributed by atoms with E-state index in [4.69, 9.17) is 32.7 Å². The van der Waals surface area contributed by atoms with Crippen LogP contribution in [0.5, 0.6) is 17.2 Å². The average molecular weight is 468 g/mol. The molecule has 5 rings (SSSR count). The van der Waals surface area contributed by atoms with Crippen molar-refractivity contribution in [2.75, 3.05) is 18.5 Å². The minimum Gasteiger partial charge on any atom is -0.506 e. The zero-order chi connectivity index (χ0) is 22.1. The normalized spacial score (nSPS) is 20.9. The highest BCUT2D eigenvalue weighted by Crippen LogP contribution is 2.52. The minimum absolute atomic E-state index is 0.0843. The van der Waals surface area contributed by atoms with Gasteiger partial charge in [-0.3, -0.25) is 0 Å². The largest absolute Gasteiger partial charge is 0.506 e. The fourth-order valence-corrected chi connectivity index (χ4v) is 5.14. The van der Waals surface area contributed by atoms with Gasteiger partial charge in [0.15, 0.2) is 0 Å². The highest BCUT2D eigenvalue weighted by Gasteiger charge is 2.39. The van der Waals surface area contributed by atoms with Crippen LogP contribution in [0.15, 0.2) is 72.8 Å². The van der Waals surface area contributed by atoms with Gasteiger partial charge < -0.3 is 19.9 Å². The number of aromatic hydroxyl groups is 1. The summed E-state index contributed by atoms with van der Waals surface area (Å²) in [6, 6.07) is 19.1. The molecule has 3 atom stereocenters. The smallest absolute Gasteiger partial charge is 0.139 e. The van der Waals surface area contributed by atoms with Gasteiger partial charge in [-0.05, 0) is 60.4 Å². The summed E-state index contributed by atoms with van der Waals surface area (Å²) in [5, 5.41) is 15.0. The highest BCUT2D eigenvalue weighted by atomic mass is 35.5. The van der Waals surface area contributed by atoms with Crippen molar-refractivity contribution in [2.24, 2.45) is 5.92 Å². The number of nitrogens with one attached hydrogen (secondary N) is 1. The number of para-hydroxylation sites is 1. The lowest BCUT2D eigenvalue weighted by Gasteiger charge is -2.38. The number of phenolic OH excluding ortho intramolecular Hbond substituents is 1. The Morgan fingerprint density at radius 3 is 2.50 bits per heavy atom. The quantitative estimate of drug-likeness (QED) is 0.303. The van der Waals surface area contributed by atoms with Crippen LogP contribution in [0.3, 0.4) is 0 Å². The van der Waals surface area contributed by atoms with E-state index in [-0.39, 0.29) is 28.6 Å². The zero-order valence-corrected chi connectivity index (χ0v) is 18.8. The van der Waals surface area contributed by atoms with Crippen LogP contribution < -0.4 is 14.8 Å². The lowest BCUT2D eigenvalue weighted by Crippen LogP contribution is -2.29. The Morgan fingerprint density at radius 2 is 1.69 bits per heavy atom. The van der Waals surface area contributed by atoms with Crippen molar-refractivity contribution in [3.63, 3.8) is 0 Å². The SMILES string of the molecule is Oc1c(Cl)cc(Cl)cc1C1Nc2ccc(OCCOc3ccccc3)cc2C2C=CCC21. The van der Waals surface area contributed by atoms with E-state index in [1.807, 2.05) is 42.5 Å². The second kappa shape index (κ2) is 8.97. The molecule has 3 unspecified atom stereocenters. The monoisotopic (exact) mass is 467 g/mol. The van der Waals surface area contributed by atoms with E-state index in [1.54, 1.807) is 12.1 Å². The molecule has 1 aliphatic carbocycles. The second-order valence-corrected chi connectivity index (χ2v) is 8.90. The van der Waals surface area contributed by atoms with Crippen LogP contribution in [0.25, 0.3) is 0 Å². The van der Waals surface area contributed by atoms with E-state index >= 15 is 0 Å². The van der Waals surface area contributed by atoms with E-state index in [9.17, 15) is 5.11 Å². The number of hydrogen-bond donors (Lipinski definition) is 2. The highest BCUT2D eigenvalue weighted by molar-refractivity contribution is 6.35. The molecule has 2 N–H and O–H groups in total. The van der Waals surface area contributed by atoms with Crippen LogP contribution in [0.4, 0.5) is 5.69 Å². The molecule has 164 valence electrons. The van der Waals surface area contributed by atoms with Gasteiger partial charge >= 0.3 is 0 Å². The summed E-state index contributed by atoms with van der Waals surface area (Å²) in [5.41, 5.74) is 2.94. The maximum Gasteiger partial charge on any atom is 0.139 e. The first kappa shape index (κ1) is 21.0. The maximum absolute atomic E-state index is 10.6. The number of phenols is 1. The van der Waals surface area contributed by atoms with Gasteiger partial charge in [0.1, 0.15) is 30.5 Å². The van der Waals surface area contributed by atoms with E-state index in [2.05, 4.69) is 23.5 Å². The number of halogens is 2. The van der Waals surface area contributed by atoms with Gasteiger partial charge in [0, 0.05) is 22.2 Å². The first-order valence-corrected chi connectivity index (χ1v) is 11.4. The van der Waals surface area contributed by atoms with Gasteiger partial charge in [-0.2, -0.15) is 0 Å². The third-order valence-electron chi connectivity index (χ3n) is 6.09. The summed E-state index contributed by atoms with van der Waals surface area (Å²) in [6.07, 6.45) is 5.34. The van der Waals surface area contributed by atoms with E-state index < -0.39 is 0 Å². The molecule has 2 aliphatic rings. The minimum atomic E-state index is -0.0928. The van der Waals surface area contributed by atoms with Crippen LogP contribution in [-0.4, -0.2) is 18.3 Å². The molecular weight excluding hydrogens is 445 g/mol. The number of allylic oxidation sites excluding steroid dienone is 2. The van der Waals surface area contributed by atoms with Crippen LogP contribution in [0, 0.1) is 5.92 Å². The molecule has 3 aromatic rings. The van der Waals surface area contributed by atoms with Crippen molar-refractivity contribution in [1.29, 1.82) is 0 Å². The summed E-state index contributed by atoms with van der Waals surface area (Å²) >= 11 is 12.4. The molecule has 0 amide bonds. The molecule has 0 saturated heterocycles. The van der Waals surface area contributed by atoms with Crippen LogP contribution in [0.1, 0.15) is 29.5 Å². The molecule has 6 heteroatoms. The molecule has 0 saturated carbocycles. The summed E-state index contributed by atoms with van der Waals surface area (Å²) < 4.78 is 11.7. The van der Waals surface area contributed by atoms with Crippen molar-refractivity contribution in [2.45, 2.75) is 18.4 Å². The van der Waals surface area contributed by atoms with Crippen molar-refractivity contribution in [1.82, 2.24) is 0 Å². The summed E-state index contributed by atoms with van der Waals surface area (Å²) in [5.74, 6) is 2.20. The molecule has 0 spiro atoms. The third-order valence-corrected chi connectivity index (χ3v) is 6.60. The van der Waals surface area contributed by atoms with E-state index in [1.165, 1.54) is 5.56 Å². The predicted molar refractivity (Wildman–Crippen MR) is 128 cm³/mol. The summed E-state index contributed by atoms with van der Waals surface area (Å²) in [7, 11) is 0. The molecule has 1 heterocycles. The molecule has 4 nitrogen and oxygen atoms in total. The fourth-order valence-electron chi connectivity index (χ4n) is 4.63. The van der Waals surface area contributed by atoms with Gasteiger partial charge in [-0.25, -0.2) is 0 Å². The van der Waals surface area contributed by atoms with Gasteiger partial charge in [-0.1, -0.05) is 53.6 Å². The molecular formula is C26H23Cl2NO3. The number of ether oxygens (including phenoxy) is 2. The predicted octanol–water partition coefficient (Wildman–Crippen LogP) is 6.98. The molecule has 0 fully saturated rings. The average Bonchev–Trinajstić information content (AvgIpc) is 3.30. The third kappa shape index (κ3) is 4.13. The number of anilines is 1. The van der Waals surface area contributed by atoms with Crippen LogP contribution >= 0.6 is 23.2 Å². The Balaban J connectivity index is 1.33. The maximum atomic E-state index is 10.6. The topological polar surface area (TPSA) is 50.7 Å². The first-order valence-electron chi connectivity index (χ1n) is 10.7. The number of fused-ring (bicyclic) bond motifs is 3. The second-order valence-electron chi connectivity index (χ2n) is 8.06. The van der Waals surface area contributed by atoms with Gasteiger partial charge in [-0.15, -0.1) is 0 Å². The molecule has 0 aromatic heterocycles.